The van der Waals surface area contributed by atoms with E-state index < -0.39 is 0 Å². The van der Waals surface area contributed by atoms with Gasteiger partial charge in [0, 0.05) is 12.1 Å². The molecule has 0 aliphatic carbocycles. The lowest BCUT2D eigenvalue weighted by molar-refractivity contribution is 0.0957. The van der Waals surface area contributed by atoms with E-state index in [1.54, 1.807) is 50.5 Å². The van der Waals surface area contributed by atoms with E-state index in [0.29, 0.717) is 33.9 Å². The van der Waals surface area contributed by atoms with Crippen molar-refractivity contribution < 1.29 is 23.4 Å². The molecule has 0 N–H and O–H groups in total. The fourth-order valence-corrected chi connectivity index (χ4v) is 3.63. The number of methoxy groups -OCH3 is 3. The number of furan rings is 1. The van der Waals surface area contributed by atoms with Crippen LogP contribution in [0.1, 0.15) is 24.4 Å². The Morgan fingerprint density at radius 1 is 1.14 bits per heavy atom. The van der Waals surface area contributed by atoms with Crippen LogP contribution in [-0.2, 0) is 0 Å². The molecule has 9 heteroatoms. The Kier molecular flexibility index (Phi) is 6.38. The molecule has 0 saturated heterocycles. The van der Waals surface area contributed by atoms with Gasteiger partial charge in [0.25, 0.3) is 5.91 Å². The Morgan fingerprint density at radius 2 is 1.83 bits per heavy atom. The fraction of sp³-hybridized carbons (Fsp3) is 0.350. The van der Waals surface area contributed by atoms with Crippen LogP contribution in [0.3, 0.4) is 0 Å². The van der Waals surface area contributed by atoms with Crippen molar-refractivity contribution in [2.45, 2.75) is 13.8 Å². The van der Waals surface area contributed by atoms with Crippen molar-refractivity contribution >= 4 is 22.4 Å². The highest BCUT2D eigenvalue weighted by atomic mass is 32.1. The van der Waals surface area contributed by atoms with E-state index in [1.165, 1.54) is 17.6 Å². The van der Waals surface area contributed by atoms with Crippen molar-refractivity contribution in [1.82, 2.24) is 10.2 Å². The largest absolute Gasteiger partial charge is 0.493 e. The molecule has 1 aromatic carbocycles. The van der Waals surface area contributed by atoms with Crippen LogP contribution < -0.4 is 19.1 Å². The van der Waals surface area contributed by atoms with E-state index in [2.05, 4.69) is 10.2 Å². The van der Waals surface area contributed by atoms with Crippen molar-refractivity contribution in [2.75, 3.05) is 32.8 Å². The SMILES string of the molecule is COc1cc(-c2nnc(N(CC(C)C)C(=O)c3ccco3)s2)cc(OC)c1OC. The summed E-state index contributed by atoms with van der Waals surface area (Å²) in [5.41, 5.74) is 0.748. The van der Waals surface area contributed by atoms with Crippen LogP contribution in [-0.4, -0.2) is 44.0 Å². The number of carbonyl (C=O) groups excluding carboxylic acids is 1. The summed E-state index contributed by atoms with van der Waals surface area (Å²) in [6.45, 7) is 4.55. The monoisotopic (exact) mass is 417 g/mol. The van der Waals surface area contributed by atoms with Crippen molar-refractivity contribution in [3.05, 3.63) is 36.3 Å². The summed E-state index contributed by atoms with van der Waals surface area (Å²) in [5, 5.41) is 9.64. The first kappa shape index (κ1) is 20.7. The number of rotatable bonds is 8. The Hall–Kier alpha value is -3.07. The number of carbonyl (C=O) groups is 1. The van der Waals surface area contributed by atoms with Crippen LogP contribution in [0.5, 0.6) is 17.2 Å². The van der Waals surface area contributed by atoms with E-state index in [9.17, 15) is 4.79 Å². The lowest BCUT2D eigenvalue weighted by Gasteiger charge is -2.20. The Morgan fingerprint density at radius 3 is 2.34 bits per heavy atom. The second-order valence-electron chi connectivity index (χ2n) is 6.59. The highest BCUT2D eigenvalue weighted by molar-refractivity contribution is 7.18. The standard InChI is InChI=1S/C20H23N3O5S/c1-12(2)11-23(19(24)14-7-6-8-28-14)20-22-21-18(29-20)13-9-15(25-3)17(27-5)16(10-13)26-4/h6-10,12H,11H2,1-5H3. The second-order valence-corrected chi connectivity index (χ2v) is 7.55. The molecule has 0 spiro atoms. The maximum atomic E-state index is 12.9. The smallest absolute Gasteiger partial charge is 0.295 e. The molecular weight excluding hydrogens is 394 g/mol. The molecule has 0 bridgehead atoms. The van der Waals surface area contributed by atoms with Crippen LogP contribution >= 0.6 is 11.3 Å². The van der Waals surface area contributed by atoms with Crippen LogP contribution in [0.25, 0.3) is 10.6 Å². The van der Waals surface area contributed by atoms with Crippen molar-refractivity contribution in [3.8, 4) is 27.8 Å². The molecule has 0 unspecified atom stereocenters. The van der Waals surface area contributed by atoms with Gasteiger partial charge < -0.3 is 18.6 Å². The number of hydrogen-bond donors (Lipinski definition) is 0. The first-order chi connectivity index (χ1) is 14.0. The summed E-state index contributed by atoms with van der Waals surface area (Å²) >= 11 is 1.30. The van der Waals surface area contributed by atoms with Crippen molar-refractivity contribution in [2.24, 2.45) is 5.92 Å². The number of nitrogens with zero attached hydrogens (tertiary/aromatic N) is 3. The second kappa shape index (κ2) is 8.95. The van der Waals surface area contributed by atoms with Gasteiger partial charge in [0.05, 0.1) is 27.6 Å². The molecular formula is C20H23N3O5S. The first-order valence-electron chi connectivity index (χ1n) is 8.97. The van der Waals surface area contributed by atoms with Crippen LogP contribution in [0.4, 0.5) is 5.13 Å². The number of ether oxygens (including phenoxy) is 3. The molecule has 0 atom stereocenters. The van der Waals surface area contributed by atoms with Crippen molar-refractivity contribution in [1.29, 1.82) is 0 Å². The van der Waals surface area contributed by atoms with Gasteiger partial charge in [-0.05, 0) is 30.2 Å². The van der Waals surface area contributed by atoms with Crippen LogP contribution in [0, 0.1) is 5.92 Å². The molecule has 0 fully saturated rings. The van der Waals surface area contributed by atoms with Gasteiger partial charge >= 0.3 is 0 Å². The van der Waals surface area contributed by atoms with Gasteiger partial charge in [-0.3, -0.25) is 9.69 Å². The minimum Gasteiger partial charge on any atom is -0.493 e. The van der Waals surface area contributed by atoms with E-state index in [1.807, 2.05) is 13.8 Å². The zero-order chi connectivity index (χ0) is 21.0. The third-order valence-electron chi connectivity index (χ3n) is 4.08. The molecule has 3 rings (SSSR count). The summed E-state index contributed by atoms with van der Waals surface area (Å²) in [5.74, 6) is 1.78. The van der Waals surface area contributed by atoms with E-state index in [4.69, 9.17) is 18.6 Å². The predicted octanol–water partition coefficient (Wildman–Crippen LogP) is 4.13. The van der Waals surface area contributed by atoms with Crippen LogP contribution in [0.2, 0.25) is 0 Å². The topological polar surface area (TPSA) is 86.9 Å². The van der Waals surface area contributed by atoms with E-state index in [-0.39, 0.29) is 17.6 Å². The quantitative estimate of drug-likeness (QED) is 0.545. The normalized spacial score (nSPS) is 10.8. The number of hydrogen-bond acceptors (Lipinski definition) is 8. The van der Waals surface area contributed by atoms with E-state index in [0.717, 1.165) is 5.56 Å². The van der Waals surface area contributed by atoms with Gasteiger partial charge in [-0.2, -0.15) is 0 Å². The molecule has 2 aromatic heterocycles. The van der Waals surface area contributed by atoms with Gasteiger partial charge in [0.15, 0.2) is 17.3 Å². The third kappa shape index (κ3) is 4.34. The zero-order valence-electron chi connectivity index (χ0n) is 17.0. The average Bonchev–Trinajstić information content (AvgIpc) is 3.42. The summed E-state index contributed by atoms with van der Waals surface area (Å²) in [6, 6.07) is 6.92. The summed E-state index contributed by atoms with van der Waals surface area (Å²) in [6.07, 6.45) is 1.47. The molecule has 0 saturated carbocycles. The summed E-state index contributed by atoms with van der Waals surface area (Å²) in [4.78, 5) is 14.5. The van der Waals surface area contributed by atoms with Gasteiger partial charge in [-0.15, -0.1) is 10.2 Å². The number of anilines is 1. The van der Waals surface area contributed by atoms with Crippen molar-refractivity contribution in [3.63, 3.8) is 0 Å². The minimum absolute atomic E-state index is 0.238. The lowest BCUT2D eigenvalue weighted by atomic mass is 10.2. The minimum atomic E-state index is -0.253. The van der Waals surface area contributed by atoms with Gasteiger partial charge in [0.1, 0.15) is 5.01 Å². The highest BCUT2D eigenvalue weighted by Crippen LogP contribution is 2.42. The molecule has 3 aromatic rings. The molecule has 8 nitrogen and oxygen atoms in total. The Balaban J connectivity index is 1.99. The van der Waals surface area contributed by atoms with Gasteiger partial charge in [-0.1, -0.05) is 25.2 Å². The molecule has 0 aliphatic heterocycles. The Bertz CT molecular complexity index is 943. The molecule has 2 heterocycles. The molecule has 1 amide bonds. The number of aromatic nitrogens is 2. The molecule has 154 valence electrons. The Labute approximate surface area is 173 Å². The zero-order valence-corrected chi connectivity index (χ0v) is 17.8. The maximum absolute atomic E-state index is 12.9. The summed E-state index contributed by atoms with van der Waals surface area (Å²) < 4.78 is 21.5. The highest BCUT2D eigenvalue weighted by Gasteiger charge is 2.25. The predicted molar refractivity (Wildman–Crippen MR) is 110 cm³/mol. The third-order valence-corrected chi connectivity index (χ3v) is 5.08. The summed E-state index contributed by atoms with van der Waals surface area (Å²) in [7, 11) is 4.66. The van der Waals surface area contributed by atoms with E-state index >= 15 is 0 Å². The van der Waals surface area contributed by atoms with Gasteiger partial charge in [0.2, 0.25) is 10.9 Å². The molecule has 29 heavy (non-hydrogen) atoms. The van der Waals surface area contributed by atoms with Gasteiger partial charge in [-0.25, -0.2) is 0 Å². The number of benzene rings is 1. The fourth-order valence-electron chi connectivity index (χ4n) is 2.79. The maximum Gasteiger partial charge on any atom is 0.295 e. The first-order valence-corrected chi connectivity index (χ1v) is 9.79. The molecule has 0 aliphatic rings. The number of amides is 1. The lowest BCUT2D eigenvalue weighted by Crippen LogP contribution is -2.34. The van der Waals surface area contributed by atoms with Crippen LogP contribution in [0.15, 0.2) is 34.9 Å². The molecule has 0 radical (unpaired) electrons. The average molecular weight is 417 g/mol.